The maximum Gasteiger partial charge on any atom is 0.267 e. The second-order valence-corrected chi connectivity index (χ2v) is 6.62. The van der Waals surface area contributed by atoms with E-state index in [0.29, 0.717) is 4.88 Å². The minimum atomic E-state index is 0.0771. The lowest BCUT2D eigenvalue weighted by Crippen LogP contribution is -2.48. The smallest absolute Gasteiger partial charge is 0.267 e. The van der Waals surface area contributed by atoms with Crippen LogP contribution in [-0.4, -0.2) is 51.5 Å². The zero-order valence-electron chi connectivity index (χ0n) is 11.3. The molecule has 2 aromatic rings. The Morgan fingerprint density at radius 2 is 2.15 bits per heavy atom. The van der Waals surface area contributed by atoms with Crippen LogP contribution in [0.5, 0.6) is 0 Å². The normalized spacial score (nSPS) is 16.6. The molecule has 0 bridgehead atoms. The van der Waals surface area contributed by atoms with Gasteiger partial charge in [-0.25, -0.2) is 0 Å². The largest absolute Gasteiger partial charge is 0.335 e. The molecule has 1 fully saturated rings. The summed E-state index contributed by atoms with van der Waals surface area (Å²) in [6.07, 6.45) is 0. The van der Waals surface area contributed by atoms with Crippen LogP contribution in [-0.2, 0) is 6.54 Å². The molecule has 20 heavy (non-hydrogen) atoms. The van der Waals surface area contributed by atoms with E-state index in [0.717, 1.165) is 38.4 Å². The van der Waals surface area contributed by atoms with Gasteiger partial charge in [-0.1, -0.05) is 10.6 Å². The summed E-state index contributed by atoms with van der Waals surface area (Å²) >= 11 is 2.98. The van der Waals surface area contributed by atoms with Crippen LogP contribution in [0.3, 0.4) is 0 Å². The lowest BCUT2D eigenvalue weighted by Gasteiger charge is -2.34. The van der Waals surface area contributed by atoms with Crippen LogP contribution >= 0.6 is 22.9 Å². The summed E-state index contributed by atoms with van der Waals surface area (Å²) in [5.74, 6) is 0.0771. The molecule has 0 aliphatic carbocycles. The van der Waals surface area contributed by atoms with Gasteiger partial charge in [-0.2, -0.15) is 0 Å². The third kappa shape index (κ3) is 2.89. The minimum Gasteiger partial charge on any atom is -0.335 e. The summed E-state index contributed by atoms with van der Waals surface area (Å²) in [4.78, 5) is 18.7. The van der Waals surface area contributed by atoms with E-state index in [4.69, 9.17) is 0 Å². The van der Waals surface area contributed by atoms with Crippen molar-refractivity contribution in [2.45, 2.75) is 13.5 Å². The van der Waals surface area contributed by atoms with Gasteiger partial charge in [-0.05, 0) is 29.9 Å². The van der Waals surface area contributed by atoms with Gasteiger partial charge in [0.1, 0.15) is 4.88 Å². The molecule has 7 heteroatoms. The first kappa shape index (κ1) is 13.7. The summed E-state index contributed by atoms with van der Waals surface area (Å²) in [6, 6.07) is 4.24. The molecule has 0 radical (unpaired) electrons. The van der Waals surface area contributed by atoms with Gasteiger partial charge in [0.2, 0.25) is 0 Å². The molecule has 0 saturated carbocycles. The number of hydrogen-bond donors (Lipinski definition) is 0. The van der Waals surface area contributed by atoms with Crippen molar-refractivity contribution in [2.75, 3.05) is 26.2 Å². The van der Waals surface area contributed by atoms with Crippen LogP contribution in [0.4, 0.5) is 0 Å². The average Bonchev–Trinajstić information content (AvgIpc) is 3.10. The highest BCUT2D eigenvalue weighted by molar-refractivity contribution is 7.09. The molecule has 0 spiro atoms. The van der Waals surface area contributed by atoms with Gasteiger partial charge < -0.3 is 4.90 Å². The van der Waals surface area contributed by atoms with Crippen molar-refractivity contribution in [3.63, 3.8) is 0 Å². The van der Waals surface area contributed by atoms with Gasteiger partial charge in [0, 0.05) is 37.6 Å². The fraction of sp³-hybridized carbons (Fsp3) is 0.462. The number of carbonyl (C=O) groups excluding carboxylic acids is 1. The molecule has 1 aliphatic rings. The number of piperazine rings is 1. The molecule has 3 heterocycles. The van der Waals surface area contributed by atoms with Crippen molar-refractivity contribution >= 4 is 28.8 Å². The third-order valence-electron chi connectivity index (χ3n) is 3.46. The van der Waals surface area contributed by atoms with Gasteiger partial charge in [-0.3, -0.25) is 9.69 Å². The fourth-order valence-corrected chi connectivity index (χ4v) is 3.67. The van der Waals surface area contributed by atoms with E-state index in [9.17, 15) is 4.79 Å². The number of thiophene rings is 1. The van der Waals surface area contributed by atoms with Gasteiger partial charge in [0.05, 0.1) is 5.69 Å². The van der Waals surface area contributed by atoms with Crippen LogP contribution in [0.15, 0.2) is 17.5 Å². The van der Waals surface area contributed by atoms with Gasteiger partial charge in [0.25, 0.3) is 5.91 Å². The molecule has 0 atom stereocenters. The molecule has 1 saturated heterocycles. The average molecular weight is 308 g/mol. The first-order chi connectivity index (χ1) is 9.74. The predicted octanol–water partition coefficient (Wildman–Crippen LogP) is 1.87. The van der Waals surface area contributed by atoms with E-state index in [-0.39, 0.29) is 5.91 Å². The van der Waals surface area contributed by atoms with Crippen molar-refractivity contribution in [2.24, 2.45) is 0 Å². The monoisotopic (exact) mass is 308 g/mol. The zero-order valence-corrected chi connectivity index (χ0v) is 12.9. The van der Waals surface area contributed by atoms with Crippen molar-refractivity contribution in [3.05, 3.63) is 33.0 Å². The molecular formula is C13H16N4OS2. The highest BCUT2D eigenvalue weighted by Crippen LogP contribution is 2.17. The standard InChI is InChI=1S/C13H16N4OS2/c1-10-12(20-15-14-10)13(18)17-6-4-16(5-7-17)9-11-3-2-8-19-11/h2-3,8H,4-7,9H2,1H3. The first-order valence-electron chi connectivity index (χ1n) is 6.57. The van der Waals surface area contributed by atoms with Gasteiger partial charge in [-0.15, -0.1) is 16.4 Å². The van der Waals surface area contributed by atoms with Gasteiger partial charge in [0.15, 0.2) is 0 Å². The Morgan fingerprint density at radius 1 is 1.35 bits per heavy atom. The van der Waals surface area contributed by atoms with Crippen LogP contribution < -0.4 is 0 Å². The number of aromatic nitrogens is 2. The Kier molecular flexibility index (Phi) is 4.09. The molecule has 0 N–H and O–H groups in total. The maximum atomic E-state index is 12.3. The van der Waals surface area contributed by atoms with Crippen LogP contribution in [0.1, 0.15) is 20.2 Å². The molecule has 0 unspecified atom stereocenters. The molecule has 2 aromatic heterocycles. The Bertz CT molecular complexity index is 573. The first-order valence-corrected chi connectivity index (χ1v) is 8.22. The number of amides is 1. The zero-order chi connectivity index (χ0) is 13.9. The molecule has 5 nitrogen and oxygen atoms in total. The Balaban J connectivity index is 1.56. The fourth-order valence-electron chi connectivity index (χ4n) is 2.30. The lowest BCUT2D eigenvalue weighted by atomic mass is 10.2. The molecular weight excluding hydrogens is 292 g/mol. The topological polar surface area (TPSA) is 49.3 Å². The predicted molar refractivity (Wildman–Crippen MR) is 80.1 cm³/mol. The second kappa shape index (κ2) is 5.99. The summed E-state index contributed by atoms with van der Waals surface area (Å²) in [6.45, 7) is 6.23. The number of hydrogen-bond acceptors (Lipinski definition) is 6. The molecule has 1 aliphatic heterocycles. The molecule has 106 valence electrons. The summed E-state index contributed by atoms with van der Waals surface area (Å²) in [5.41, 5.74) is 0.737. The number of aryl methyl sites for hydroxylation is 1. The van der Waals surface area contributed by atoms with E-state index < -0.39 is 0 Å². The summed E-state index contributed by atoms with van der Waals surface area (Å²) in [7, 11) is 0. The number of rotatable bonds is 3. The van der Waals surface area contributed by atoms with E-state index in [1.54, 1.807) is 11.3 Å². The van der Waals surface area contributed by atoms with E-state index in [1.807, 2.05) is 11.8 Å². The maximum absolute atomic E-state index is 12.3. The Morgan fingerprint density at radius 3 is 2.75 bits per heavy atom. The minimum absolute atomic E-state index is 0.0771. The molecule has 3 rings (SSSR count). The molecule has 1 amide bonds. The highest BCUT2D eigenvalue weighted by Gasteiger charge is 2.24. The molecule has 0 aromatic carbocycles. The van der Waals surface area contributed by atoms with Gasteiger partial charge >= 0.3 is 0 Å². The summed E-state index contributed by atoms with van der Waals surface area (Å²) < 4.78 is 3.84. The van der Waals surface area contributed by atoms with Crippen LogP contribution in [0.25, 0.3) is 0 Å². The number of nitrogens with zero attached hydrogens (tertiary/aromatic N) is 4. The van der Waals surface area contributed by atoms with E-state index in [1.165, 1.54) is 16.4 Å². The van der Waals surface area contributed by atoms with E-state index >= 15 is 0 Å². The second-order valence-electron chi connectivity index (χ2n) is 4.84. The third-order valence-corrected chi connectivity index (χ3v) is 5.14. The number of carbonyl (C=O) groups is 1. The van der Waals surface area contributed by atoms with Crippen molar-refractivity contribution < 1.29 is 4.79 Å². The van der Waals surface area contributed by atoms with Crippen LogP contribution in [0.2, 0.25) is 0 Å². The van der Waals surface area contributed by atoms with Crippen molar-refractivity contribution in [3.8, 4) is 0 Å². The quantitative estimate of drug-likeness (QED) is 0.868. The van der Waals surface area contributed by atoms with Crippen molar-refractivity contribution in [1.82, 2.24) is 19.4 Å². The Hall–Kier alpha value is -1.31. The SMILES string of the molecule is Cc1nnsc1C(=O)N1CCN(Cc2cccs2)CC1. The van der Waals surface area contributed by atoms with Crippen molar-refractivity contribution in [1.29, 1.82) is 0 Å². The summed E-state index contributed by atoms with van der Waals surface area (Å²) in [5, 5.41) is 6.02. The van der Waals surface area contributed by atoms with Crippen LogP contribution in [0, 0.1) is 6.92 Å². The van der Waals surface area contributed by atoms with E-state index in [2.05, 4.69) is 32.0 Å². The lowest BCUT2D eigenvalue weighted by molar-refractivity contribution is 0.0633. The highest BCUT2D eigenvalue weighted by atomic mass is 32.1. The Labute approximate surface area is 126 Å².